The number of aliphatic hydroxyl groups is 1. The lowest BCUT2D eigenvalue weighted by atomic mass is 10.1. The zero-order valence-electron chi connectivity index (χ0n) is 38.6. The lowest BCUT2D eigenvalue weighted by Gasteiger charge is -2.29. The van der Waals surface area contributed by atoms with E-state index in [4.69, 9.17) is 9.05 Å². The molecule has 1 amide bonds. The lowest BCUT2D eigenvalue weighted by Crippen LogP contribution is -2.45. The first-order valence-corrected chi connectivity index (χ1v) is 24.7. The third-order valence-electron chi connectivity index (χ3n) is 9.44. The number of rotatable bonds is 40. The number of carbonyl (C=O) groups excluding carboxylic acids is 1. The van der Waals surface area contributed by atoms with Gasteiger partial charge >= 0.3 is 0 Å². The second-order valence-corrected chi connectivity index (χ2v) is 17.8. The van der Waals surface area contributed by atoms with Crippen molar-refractivity contribution in [2.75, 3.05) is 40.9 Å². The van der Waals surface area contributed by atoms with Crippen LogP contribution >= 0.6 is 7.82 Å². The molecule has 0 aliphatic heterocycles. The molecule has 342 valence electrons. The number of unbranched alkanes of at least 4 members (excludes halogenated alkanes) is 11. The summed E-state index contributed by atoms with van der Waals surface area (Å²) >= 11 is 0. The maximum absolute atomic E-state index is 12.9. The molecular weight excluding hydrogens is 768 g/mol. The van der Waals surface area contributed by atoms with Gasteiger partial charge in [-0.1, -0.05) is 162 Å². The number of hydrogen-bond donors (Lipinski definition) is 2. The predicted molar refractivity (Wildman–Crippen MR) is 256 cm³/mol. The van der Waals surface area contributed by atoms with Crippen molar-refractivity contribution in [2.45, 2.75) is 167 Å². The number of quaternary nitrogens is 1. The van der Waals surface area contributed by atoms with Crippen LogP contribution in [0.15, 0.2) is 109 Å². The molecule has 3 unspecified atom stereocenters. The highest BCUT2D eigenvalue weighted by molar-refractivity contribution is 7.45. The van der Waals surface area contributed by atoms with Crippen LogP contribution in [-0.4, -0.2) is 68.5 Å². The number of amides is 1. The molecule has 0 fully saturated rings. The van der Waals surface area contributed by atoms with Crippen LogP contribution in [0.2, 0.25) is 0 Å². The Morgan fingerprint density at radius 3 is 1.55 bits per heavy atom. The van der Waals surface area contributed by atoms with Crippen molar-refractivity contribution in [1.82, 2.24) is 5.32 Å². The maximum atomic E-state index is 12.9. The summed E-state index contributed by atoms with van der Waals surface area (Å²) in [5.41, 5.74) is 0. The monoisotopic (exact) mass is 855 g/mol. The Labute approximate surface area is 368 Å². The lowest BCUT2D eigenvalue weighted by molar-refractivity contribution is -0.870. The third kappa shape index (κ3) is 43.3. The van der Waals surface area contributed by atoms with Crippen molar-refractivity contribution in [3.8, 4) is 0 Å². The average Bonchev–Trinajstić information content (AvgIpc) is 3.20. The predicted octanol–water partition coefficient (Wildman–Crippen LogP) is 12.7. The molecule has 0 aromatic carbocycles. The van der Waals surface area contributed by atoms with Gasteiger partial charge in [0.05, 0.1) is 39.9 Å². The second kappa shape index (κ2) is 41.5. The van der Waals surface area contributed by atoms with E-state index in [1.807, 2.05) is 27.2 Å². The minimum atomic E-state index is -4.61. The maximum Gasteiger partial charge on any atom is 0.268 e. The number of carbonyl (C=O) groups is 1. The van der Waals surface area contributed by atoms with Crippen molar-refractivity contribution >= 4 is 13.7 Å². The van der Waals surface area contributed by atoms with E-state index >= 15 is 0 Å². The zero-order chi connectivity index (χ0) is 44.3. The Hall–Kier alpha value is -2.84. The first kappa shape index (κ1) is 57.2. The number of nitrogens with one attached hydrogen (secondary N) is 1. The Balaban J connectivity index is 4.43. The second-order valence-electron chi connectivity index (χ2n) is 16.4. The summed E-state index contributed by atoms with van der Waals surface area (Å²) in [5.74, 6) is -0.234. The van der Waals surface area contributed by atoms with Gasteiger partial charge in [-0.15, -0.1) is 0 Å². The van der Waals surface area contributed by atoms with E-state index in [0.29, 0.717) is 17.4 Å². The number of aliphatic hydroxyl groups excluding tert-OH is 1. The van der Waals surface area contributed by atoms with Crippen molar-refractivity contribution in [1.29, 1.82) is 0 Å². The van der Waals surface area contributed by atoms with Gasteiger partial charge in [0.2, 0.25) is 5.91 Å². The van der Waals surface area contributed by atoms with Crippen LogP contribution in [0.25, 0.3) is 0 Å². The summed E-state index contributed by atoms with van der Waals surface area (Å²) in [4.78, 5) is 25.3. The Bertz CT molecular complexity index is 1340. The molecule has 0 heterocycles. The number of phosphoric acid groups is 1. The number of allylic oxidation sites excluding steroid dienone is 17. The van der Waals surface area contributed by atoms with Gasteiger partial charge in [0, 0.05) is 6.42 Å². The Morgan fingerprint density at radius 1 is 0.600 bits per heavy atom. The topological polar surface area (TPSA) is 108 Å². The van der Waals surface area contributed by atoms with Gasteiger partial charge in [-0.05, 0) is 96.3 Å². The van der Waals surface area contributed by atoms with E-state index < -0.39 is 26.6 Å². The molecule has 0 aromatic heterocycles. The molecule has 0 spiro atoms. The van der Waals surface area contributed by atoms with Crippen molar-refractivity contribution in [3.63, 3.8) is 0 Å². The number of phosphoric ester groups is 1. The molecule has 0 bridgehead atoms. The summed E-state index contributed by atoms with van der Waals surface area (Å²) in [6, 6.07) is -0.924. The highest BCUT2D eigenvalue weighted by atomic mass is 31.2. The van der Waals surface area contributed by atoms with Gasteiger partial charge in [0.15, 0.2) is 0 Å². The zero-order valence-corrected chi connectivity index (χ0v) is 39.5. The summed E-state index contributed by atoms with van der Waals surface area (Å²) in [6.45, 7) is 4.42. The van der Waals surface area contributed by atoms with Gasteiger partial charge < -0.3 is 28.8 Å². The van der Waals surface area contributed by atoms with Gasteiger partial charge in [-0.3, -0.25) is 9.36 Å². The standard InChI is InChI=1S/C51H87N2O6P/c1-6-8-10-12-14-16-18-20-21-22-23-24-25-26-27-28-29-30-31-33-35-37-39-41-43-45-51(55)52-49(48-59-60(56,57)58-47-46-53(3,4)5)50(54)44-42-40-38-36-34-32-19-17-15-13-11-9-7-2/h8,10,14-17,20-21,23-24,26-27,29-30,34,36,42,44,49-50,54H,6-7,9,11-13,18-19,22,25,28,31-33,35,37-41,43,45-48H2,1-5H3,(H-,52,55,56,57)/b10-8-,16-14-,17-15+,21-20-,24-23-,27-26-,30-29-,36-34+,44-42+. The van der Waals surface area contributed by atoms with E-state index in [9.17, 15) is 19.4 Å². The van der Waals surface area contributed by atoms with Crippen LogP contribution in [0.3, 0.4) is 0 Å². The van der Waals surface area contributed by atoms with E-state index in [1.165, 1.54) is 19.3 Å². The van der Waals surface area contributed by atoms with E-state index in [2.05, 4.69) is 116 Å². The van der Waals surface area contributed by atoms with Crippen LogP contribution in [0.1, 0.15) is 155 Å². The molecule has 0 aromatic rings. The van der Waals surface area contributed by atoms with Crippen LogP contribution in [0, 0.1) is 0 Å². The van der Waals surface area contributed by atoms with E-state index in [-0.39, 0.29) is 12.5 Å². The molecule has 0 aliphatic rings. The first-order chi connectivity index (χ1) is 29.0. The quantitative estimate of drug-likeness (QED) is 0.0275. The summed E-state index contributed by atoms with van der Waals surface area (Å²) in [5, 5.41) is 13.7. The fraction of sp³-hybridized carbons (Fsp3) is 0.627. The number of hydrogen-bond acceptors (Lipinski definition) is 6. The fourth-order valence-corrected chi connectivity index (χ4v) is 6.50. The SMILES string of the molecule is CC/C=C\C/C=C\C/C=C\C/C=C\C/C=C\C/C=C\CCCCCCCCC(=O)NC(COP(=O)([O-])OCC[N+](C)(C)C)C(O)/C=C/CC/C=C/CC/C=C/CCCCC. The number of nitrogens with zero attached hydrogens (tertiary/aromatic N) is 1. The smallest absolute Gasteiger partial charge is 0.268 e. The van der Waals surface area contributed by atoms with Crippen LogP contribution in [-0.2, 0) is 18.4 Å². The van der Waals surface area contributed by atoms with E-state index in [1.54, 1.807) is 6.08 Å². The van der Waals surface area contributed by atoms with Crippen LogP contribution < -0.4 is 10.2 Å². The summed E-state index contributed by atoms with van der Waals surface area (Å²) in [7, 11) is 1.20. The van der Waals surface area contributed by atoms with E-state index in [0.717, 1.165) is 116 Å². The minimum Gasteiger partial charge on any atom is -0.756 e. The molecule has 0 radical (unpaired) electrons. The van der Waals surface area contributed by atoms with Crippen LogP contribution in [0.4, 0.5) is 0 Å². The largest absolute Gasteiger partial charge is 0.756 e. The Kier molecular flexibility index (Phi) is 39.5. The molecule has 3 atom stereocenters. The molecule has 60 heavy (non-hydrogen) atoms. The highest BCUT2D eigenvalue weighted by Gasteiger charge is 2.23. The van der Waals surface area contributed by atoms with Crippen molar-refractivity contribution < 1.29 is 32.9 Å². The van der Waals surface area contributed by atoms with Crippen molar-refractivity contribution in [2.24, 2.45) is 0 Å². The molecule has 0 rings (SSSR count). The normalized spacial score (nSPS) is 15.2. The molecule has 8 nitrogen and oxygen atoms in total. The third-order valence-corrected chi connectivity index (χ3v) is 10.4. The molecule has 0 saturated carbocycles. The molecule has 0 aliphatic carbocycles. The van der Waals surface area contributed by atoms with Gasteiger partial charge in [-0.25, -0.2) is 0 Å². The fourth-order valence-electron chi connectivity index (χ4n) is 5.77. The summed E-state index contributed by atoms with van der Waals surface area (Å²) in [6.07, 6.45) is 60.0. The minimum absolute atomic E-state index is 0.0188. The average molecular weight is 855 g/mol. The molecule has 9 heteroatoms. The molecule has 2 N–H and O–H groups in total. The van der Waals surface area contributed by atoms with Gasteiger partial charge in [0.1, 0.15) is 13.2 Å². The van der Waals surface area contributed by atoms with Gasteiger partial charge in [0.25, 0.3) is 7.82 Å². The van der Waals surface area contributed by atoms with Crippen molar-refractivity contribution in [3.05, 3.63) is 109 Å². The Morgan fingerprint density at radius 2 is 1.03 bits per heavy atom. The molecule has 0 saturated heterocycles. The first-order valence-electron chi connectivity index (χ1n) is 23.2. The number of likely N-dealkylation sites (N-methyl/N-ethyl adjacent to an activating group) is 1. The molecular formula is C51H87N2O6P. The highest BCUT2D eigenvalue weighted by Crippen LogP contribution is 2.38. The van der Waals surface area contributed by atoms with Gasteiger partial charge in [-0.2, -0.15) is 0 Å². The van der Waals surface area contributed by atoms with Crippen LogP contribution in [0.5, 0.6) is 0 Å². The summed E-state index contributed by atoms with van der Waals surface area (Å²) < 4.78 is 23.2.